The van der Waals surface area contributed by atoms with E-state index in [0.717, 1.165) is 25.0 Å². The van der Waals surface area contributed by atoms with Crippen molar-refractivity contribution in [2.24, 2.45) is 22.2 Å². The highest BCUT2D eigenvalue weighted by molar-refractivity contribution is 14.0. The first kappa shape index (κ1) is 19.3. The number of rotatable bonds is 3. The van der Waals surface area contributed by atoms with E-state index in [9.17, 15) is 0 Å². The number of guanidine groups is 1. The van der Waals surface area contributed by atoms with Gasteiger partial charge in [0.05, 0.1) is 6.10 Å². The summed E-state index contributed by atoms with van der Waals surface area (Å²) < 4.78 is 5.90. The lowest BCUT2D eigenvalue weighted by atomic mass is 9.57. The van der Waals surface area contributed by atoms with Crippen LogP contribution in [0.2, 0.25) is 0 Å². The topological polar surface area (TPSA) is 45.7 Å². The van der Waals surface area contributed by atoms with Crippen LogP contribution in [0, 0.1) is 17.3 Å². The maximum absolute atomic E-state index is 5.90. The lowest BCUT2D eigenvalue weighted by molar-refractivity contribution is -0.106. The highest BCUT2D eigenvalue weighted by Gasteiger charge is 2.59. The van der Waals surface area contributed by atoms with Gasteiger partial charge in [0.2, 0.25) is 0 Å². The molecule has 0 amide bonds. The Bertz CT molecular complexity index is 418. The van der Waals surface area contributed by atoms with Crippen LogP contribution < -0.4 is 10.6 Å². The Morgan fingerprint density at radius 1 is 1.13 bits per heavy atom. The molecule has 0 aromatic carbocycles. The third kappa shape index (κ3) is 3.97. The third-order valence-corrected chi connectivity index (χ3v) is 6.07. The maximum atomic E-state index is 5.90. The molecule has 3 unspecified atom stereocenters. The minimum absolute atomic E-state index is 0. The van der Waals surface area contributed by atoms with E-state index in [-0.39, 0.29) is 29.4 Å². The molecule has 134 valence electrons. The molecule has 0 radical (unpaired) electrons. The maximum Gasteiger partial charge on any atom is 0.191 e. The first-order valence-electron chi connectivity index (χ1n) is 9.21. The number of hydrogen-bond donors (Lipinski definition) is 2. The van der Waals surface area contributed by atoms with Gasteiger partial charge in [0.25, 0.3) is 0 Å². The highest BCUT2D eigenvalue weighted by Crippen LogP contribution is 2.52. The average Bonchev–Trinajstić information content (AvgIpc) is 2.94. The quantitative estimate of drug-likeness (QED) is 0.405. The van der Waals surface area contributed by atoms with Gasteiger partial charge in [-0.2, -0.15) is 0 Å². The predicted molar refractivity (Wildman–Crippen MR) is 106 cm³/mol. The zero-order valence-corrected chi connectivity index (χ0v) is 17.4. The van der Waals surface area contributed by atoms with Gasteiger partial charge in [-0.05, 0) is 44.9 Å². The van der Waals surface area contributed by atoms with Crippen molar-refractivity contribution in [3.63, 3.8) is 0 Å². The Kier molecular flexibility index (Phi) is 6.62. The number of aliphatic imine (C=N–C) groups is 1. The SMILES string of the molecule is CCN=C(NC1CCC(C)CC1)NC1C2CCOC2C1(C)C.I. The minimum Gasteiger partial charge on any atom is -0.377 e. The number of fused-ring (bicyclic) bond motifs is 1. The fraction of sp³-hybridized carbons (Fsp3) is 0.944. The van der Waals surface area contributed by atoms with Crippen LogP contribution in [0.3, 0.4) is 0 Å². The van der Waals surface area contributed by atoms with Gasteiger partial charge >= 0.3 is 0 Å². The first-order chi connectivity index (χ1) is 10.5. The van der Waals surface area contributed by atoms with Crippen molar-refractivity contribution in [2.45, 2.75) is 78.0 Å². The van der Waals surface area contributed by atoms with Crippen molar-refractivity contribution in [2.75, 3.05) is 13.2 Å². The smallest absolute Gasteiger partial charge is 0.191 e. The van der Waals surface area contributed by atoms with E-state index < -0.39 is 0 Å². The summed E-state index contributed by atoms with van der Waals surface area (Å²) in [6.45, 7) is 10.9. The molecule has 1 aliphatic heterocycles. The Morgan fingerprint density at radius 2 is 1.83 bits per heavy atom. The summed E-state index contributed by atoms with van der Waals surface area (Å²) in [7, 11) is 0. The van der Waals surface area contributed by atoms with Crippen LogP contribution in [0.5, 0.6) is 0 Å². The fourth-order valence-electron chi connectivity index (χ4n) is 4.65. The van der Waals surface area contributed by atoms with Crippen LogP contribution in [0.1, 0.15) is 59.8 Å². The van der Waals surface area contributed by atoms with Crippen LogP contribution in [-0.4, -0.2) is 37.3 Å². The van der Waals surface area contributed by atoms with Gasteiger partial charge in [0.1, 0.15) is 0 Å². The van der Waals surface area contributed by atoms with Crippen molar-refractivity contribution in [3.8, 4) is 0 Å². The summed E-state index contributed by atoms with van der Waals surface area (Å²) in [5, 5.41) is 7.43. The molecule has 1 saturated heterocycles. The normalized spacial score (nSPS) is 39.0. The van der Waals surface area contributed by atoms with Crippen LogP contribution >= 0.6 is 24.0 Å². The van der Waals surface area contributed by atoms with Gasteiger partial charge in [0.15, 0.2) is 5.96 Å². The van der Waals surface area contributed by atoms with E-state index in [1.165, 1.54) is 32.1 Å². The standard InChI is InChI=1S/C18H33N3O.HI/c1-5-19-17(20-13-8-6-12(2)7-9-13)21-15-14-10-11-22-16(14)18(15,3)4;/h12-16H,5-11H2,1-4H3,(H2,19,20,21);1H. The lowest BCUT2D eigenvalue weighted by Gasteiger charge is -2.55. The Hall–Kier alpha value is -0.0400. The molecule has 2 N–H and O–H groups in total. The lowest BCUT2D eigenvalue weighted by Crippen LogP contribution is -2.68. The van der Waals surface area contributed by atoms with Crippen LogP contribution in [-0.2, 0) is 4.74 Å². The molecule has 1 heterocycles. The van der Waals surface area contributed by atoms with Gasteiger partial charge in [-0.25, -0.2) is 0 Å². The zero-order chi connectivity index (χ0) is 15.7. The van der Waals surface area contributed by atoms with Gasteiger partial charge in [-0.15, -0.1) is 24.0 Å². The zero-order valence-electron chi connectivity index (χ0n) is 15.1. The number of nitrogens with zero attached hydrogens (tertiary/aromatic N) is 1. The average molecular weight is 435 g/mol. The number of nitrogens with one attached hydrogen (secondary N) is 2. The van der Waals surface area contributed by atoms with Crippen molar-refractivity contribution in [3.05, 3.63) is 0 Å². The van der Waals surface area contributed by atoms with E-state index in [1.807, 2.05) is 0 Å². The minimum atomic E-state index is 0. The molecule has 3 fully saturated rings. The van der Waals surface area contributed by atoms with E-state index in [2.05, 4.69) is 38.3 Å². The molecular weight excluding hydrogens is 401 g/mol. The largest absolute Gasteiger partial charge is 0.377 e. The molecule has 4 nitrogen and oxygen atoms in total. The summed E-state index contributed by atoms with van der Waals surface area (Å²) >= 11 is 0. The Balaban J connectivity index is 0.00000192. The second-order valence-electron chi connectivity index (χ2n) is 8.11. The van der Waals surface area contributed by atoms with Gasteiger partial charge in [-0.1, -0.05) is 20.8 Å². The summed E-state index contributed by atoms with van der Waals surface area (Å²) in [6, 6.07) is 1.08. The summed E-state index contributed by atoms with van der Waals surface area (Å²) in [6.07, 6.45) is 6.84. The van der Waals surface area contributed by atoms with Gasteiger partial charge < -0.3 is 15.4 Å². The van der Waals surface area contributed by atoms with E-state index >= 15 is 0 Å². The van der Waals surface area contributed by atoms with E-state index in [4.69, 9.17) is 9.73 Å². The molecular formula is C18H34IN3O. The van der Waals surface area contributed by atoms with E-state index in [0.29, 0.717) is 24.1 Å². The molecule has 0 bridgehead atoms. The summed E-state index contributed by atoms with van der Waals surface area (Å²) in [5.74, 6) is 2.57. The number of hydrogen-bond acceptors (Lipinski definition) is 2. The molecule has 5 heteroatoms. The van der Waals surface area contributed by atoms with Crippen LogP contribution in [0.4, 0.5) is 0 Å². The van der Waals surface area contributed by atoms with E-state index in [1.54, 1.807) is 0 Å². The van der Waals surface area contributed by atoms with Crippen molar-refractivity contribution in [1.82, 2.24) is 10.6 Å². The molecule has 3 aliphatic rings. The fourth-order valence-corrected chi connectivity index (χ4v) is 4.65. The number of halogens is 1. The monoisotopic (exact) mass is 435 g/mol. The molecule has 0 aromatic rings. The third-order valence-electron chi connectivity index (χ3n) is 6.07. The van der Waals surface area contributed by atoms with Gasteiger partial charge in [0, 0.05) is 36.6 Å². The highest BCUT2D eigenvalue weighted by atomic mass is 127. The van der Waals surface area contributed by atoms with Crippen LogP contribution in [0.25, 0.3) is 0 Å². The van der Waals surface area contributed by atoms with Crippen LogP contribution in [0.15, 0.2) is 4.99 Å². The molecule has 0 spiro atoms. The molecule has 2 aliphatic carbocycles. The predicted octanol–water partition coefficient (Wildman–Crippen LogP) is 3.55. The molecule has 23 heavy (non-hydrogen) atoms. The Labute approximate surface area is 158 Å². The van der Waals surface area contributed by atoms with Crippen molar-refractivity contribution in [1.29, 1.82) is 0 Å². The molecule has 3 rings (SSSR count). The second kappa shape index (κ2) is 7.89. The number of ether oxygens (including phenoxy) is 1. The summed E-state index contributed by atoms with van der Waals surface area (Å²) in [5.41, 5.74) is 0.207. The summed E-state index contributed by atoms with van der Waals surface area (Å²) in [4.78, 5) is 4.69. The van der Waals surface area contributed by atoms with Crippen molar-refractivity contribution >= 4 is 29.9 Å². The molecule has 0 aromatic heterocycles. The first-order valence-corrected chi connectivity index (χ1v) is 9.21. The van der Waals surface area contributed by atoms with Gasteiger partial charge in [-0.3, -0.25) is 4.99 Å². The second-order valence-corrected chi connectivity index (χ2v) is 8.11. The molecule has 3 atom stereocenters. The van der Waals surface area contributed by atoms with Crippen molar-refractivity contribution < 1.29 is 4.74 Å². The Morgan fingerprint density at radius 3 is 2.48 bits per heavy atom. The molecule has 2 saturated carbocycles.